The van der Waals surface area contributed by atoms with Gasteiger partial charge in [-0.3, -0.25) is 0 Å². The Morgan fingerprint density at radius 2 is 2.14 bits per heavy atom. The smallest absolute Gasteiger partial charge is 0.125 e. The maximum atomic E-state index is 5.89. The van der Waals surface area contributed by atoms with Crippen molar-refractivity contribution in [2.24, 2.45) is 5.41 Å². The lowest BCUT2D eigenvalue weighted by Crippen LogP contribution is -2.37. The van der Waals surface area contributed by atoms with E-state index in [0.717, 1.165) is 31.7 Å². The first-order chi connectivity index (χ1) is 9.93. The van der Waals surface area contributed by atoms with Gasteiger partial charge in [-0.05, 0) is 41.5 Å². The van der Waals surface area contributed by atoms with Crippen LogP contribution in [0.25, 0.3) is 0 Å². The second-order valence-corrected chi connectivity index (χ2v) is 7.84. The van der Waals surface area contributed by atoms with Gasteiger partial charge in [-0.1, -0.05) is 50.0 Å². The van der Waals surface area contributed by atoms with E-state index in [9.17, 15) is 0 Å². The summed E-state index contributed by atoms with van der Waals surface area (Å²) in [6.07, 6.45) is 4.56. The van der Waals surface area contributed by atoms with Crippen molar-refractivity contribution >= 4 is 15.9 Å². The molecular formula is C18H28BrNO. The summed E-state index contributed by atoms with van der Waals surface area (Å²) < 4.78 is 7.07. The highest BCUT2D eigenvalue weighted by Gasteiger charge is 2.27. The molecule has 3 heteroatoms. The molecule has 1 aliphatic rings. The van der Waals surface area contributed by atoms with Crippen LogP contribution in [0.4, 0.5) is 0 Å². The quantitative estimate of drug-likeness (QED) is 0.764. The van der Waals surface area contributed by atoms with Crippen LogP contribution in [0.2, 0.25) is 0 Å². The van der Waals surface area contributed by atoms with Crippen LogP contribution in [0.15, 0.2) is 16.6 Å². The highest BCUT2D eigenvalue weighted by atomic mass is 79.9. The molecular weight excluding hydrogens is 326 g/mol. The molecule has 118 valence electrons. The van der Waals surface area contributed by atoms with E-state index in [1.54, 1.807) is 0 Å². The molecule has 1 heterocycles. The molecule has 1 aromatic rings. The second-order valence-electron chi connectivity index (χ2n) is 6.92. The van der Waals surface area contributed by atoms with Gasteiger partial charge >= 0.3 is 0 Å². The Labute approximate surface area is 137 Å². The summed E-state index contributed by atoms with van der Waals surface area (Å²) in [4.78, 5) is 0. The number of benzene rings is 1. The number of hydrogen-bond acceptors (Lipinski definition) is 2. The van der Waals surface area contributed by atoms with Crippen molar-refractivity contribution in [2.45, 2.75) is 59.4 Å². The molecule has 1 aliphatic heterocycles. The van der Waals surface area contributed by atoms with Gasteiger partial charge in [-0.2, -0.15) is 0 Å². The van der Waals surface area contributed by atoms with Crippen molar-refractivity contribution in [3.8, 4) is 5.75 Å². The van der Waals surface area contributed by atoms with Crippen LogP contribution in [0.1, 0.15) is 51.7 Å². The fraction of sp³-hybridized carbons (Fsp3) is 0.667. The lowest BCUT2D eigenvalue weighted by Gasteiger charge is -2.31. The molecule has 0 bridgehead atoms. The molecule has 1 unspecified atom stereocenters. The van der Waals surface area contributed by atoms with Gasteiger partial charge in [0.25, 0.3) is 0 Å². The van der Waals surface area contributed by atoms with Crippen LogP contribution in [-0.4, -0.2) is 19.2 Å². The van der Waals surface area contributed by atoms with Gasteiger partial charge in [0.15, 0.2) is 0 Å². The topological polar surface area (TPSA) is 21.3 Å². The molecule has 0 spiro atoms. The molecule has 0 radical (unpaired) electrons. The lowest BCUT2D eigenvalue weighted by atomic mass is 9.79. The average molecular weight is 354 g/mol. The SMILES string of the molecule is CCCC(C)(CNC(C)C)Cc1cc(Br)cc2c1OCC2. The summed E-state index contributed by atoms with van der Waals surface area (Å²) >= 11 is 3.65. The lowest BCUT2D eigenvalue weighted by molar-refractivity contribution is 0.262. The van der Waals surface area contributed by atoms with Crippen molar-refractivity contribution in [3.63, 3.8) is 0 Å². The number of halogens is 1. The van der Waals surface area contributed by atoms with E-state index >= 15 is 0 Å². The normalized spacial score (nSPS) is 16.7. The number of ether oxygens (including phenoxy) is 1. The molecule has 2 nitrogen and oxygen atoms in total. The largest absolute Gasteiger partial charge is 0.493 e. The Bertz CT molecular complexity index is 486. The summed E-state index contributed by atoms with van der Waals surface area (Å²) in [5.74, 6) is 1.14. The fourth-order valence-electron chi connectivity index (χ4n) is 3.23. The van der Waals surface area contributed by atoms with Gasteiger partial charge in [-0.25, -0.2) is 0 Å². The van der Waals surface area contributed by atoms with Crippen LogP contribution in [-0.2, 0) is 12.8 Å². The van der Waals surface area contributed by atoms with E-state index in [1.165, 1.54) is 28.4 Å². The van der Waals surface area contributed by atoms with Crippen molar-refractivity contribution < 1.29 is 4.74 Å². The monoisotopic (exact) mass is 353 g/mol. The molecule has 2 rings (SSSR count). The van der Waals surface area contributed by atoms with E-state index in [1.807, 2.05) is 0 Å². The van der Waals surface area contributed by atoms with Gasteiger partial charge in [0.2, 0.25) is 0 Å². The molecule has 0 saturated carbocycles. The Morgan fingerprint density at radius 3 is 2.81 bits per heavy atom. The average Bonchev–Trinajstić information content (AvgIpc) is 2.85. The van der Waals surface area contributed by atoms with Gasteiger partial charge in [0, 0.05) is 23.5 Å². The molecule has 0 fully saturated rings. The highest BCUT2D eigenvalue weighted by Crippen LogP contribution is 2.38. The van der Waals surface area contributed by atoms with Crippen LogP contribution in [0.5, 0.6) is 5.75 Å². The molecule has 0 saturated heterocycles. The van der Waals surface area contributed by atoms with E-state index in [2.05, 4.69) is 61.1 Å². The summed E-state index contributed by atoms with van der Waals surface area (Å²) in [6.45, 7) is 11.0. The van der Waals surface area contributed by atoms with Crippen LogP contribution in [0, 0.1) is 5.41 Å². The van der Waals surface area contributed by atoms with E-state index in [4.69, 9.17) is 4.74 Å². The van der Waals surface area contributed by atoms with E-state index < -0.39 is 0 Å². The summed E-state index contributed by atoms with van der Waals surface area (Å²) in [5, 5.41) is 3.62. The van der Waals surface area contributed by atoms with E-state index in [-0.39, 0.29) is 5.41 Å². The Morgan fingerprint density at radius 1 is 1.38 bits per heavy atom. The molecule has 0 amide bonds. The zero-order valence-corrected chi connectivity index (χ0v) is 15.3. The highest BCUT2D eigenvalue weighted by molar-refractivity contribution is 9.10. The maximum absolute atomic E-state index is 5.89. The van der Waals surface area contributed by atoms with Crippen LogP contribution < -0.4 is 10.1 Å². The number of rotatable bonds is 7. The predicted molar refractivity (Wildman–Crippen MR) is 93.2 cm³/mol. The third kappa shape index (κ3) is 4.46. The molecule has 1 atom stereocenters. The zero-order chi connectivity index (χ0) is 15.5. The molecule has 21 heavy (non-hydrogen) atoms. The summed E-state index contributed by atoms with van der Waals surface area (Å²) in [5.41, 5.74) is 2.99. The van der Waals surface area contributed by atoms with Crippen LogP contribution in [0.3, 0.4) is 0 Å². The third-order valence-electron chi connectivity index (χ3n) is 4.23. The molecule has 1 aromatic carbocycles. The van der Waals surface area contributed by atoms with Gasteiger partial charge in [-0.15, -0.1) is 0 Å². The Balaban J connectivity index is 2.20. The number of hydrogen-bond donors (Lipinski definition) is 1. The van der Waals surface area contributed by atoms with Crippen molar-refractivity contribution in [1.29, 1.82) is 0 Å². The minimum atomic E-state index is 0.277. The van der Waals surface area contributed by atoms with Crippen LogP contribution >= 0.6 is 15.9 Å². The number of fused-ring (bicyclic) bond motifs is 1. The van der Waals surface area contributed by atoms with Gasteiger partial charge in [0.05, 0.1) is 6.61 Å². The second kappa shape index (κ2) is 7.15. The first kappa shape index (κ1) is 16.8. The molecule has 0 aromatic heterocycles. The Kier molecular flexibility index (Phi) is 5.73. The minimum Gasteiger partial charge on any atom is -0.493 e. The first-order valence-electron chi connectivity index (χ1n) is 8.11. The fourth-order valence-corrected chi connectivity index (χ4v) is 3.78. The molecule has 1 N–H and O–H groups in total. The first-order valence-corrected chi connectivity index (χ1v) is 8.90. The summed E-state index contributed by atoms with van der Waals surface area (Å²) in [7, 11) is 0. The zero-order valence-electron chi connectivity index (χ0n) is 13.8. The standard InChI is InChI=1S/C18H28BrNO/c1-5-7-18(4,12-20-13(2)3)11-15-10-16(19)9-14-6-8-21-17(14)15/h9-10,13,20H,5-8,11-12H2,1-4H3. The van der Waals surface area contributed by atoms with Crippen molar-refractivity contribution in [3.05, 3.63) is 27.7 Å². The minimum absolute atomic E-state index is 0.277. The van der Waals surface area contributed by atoms with Crippen molar-refractivity contribution in [1.82, 2.24) is 5.32 Å². The van der Waals surface area contributed by atoms with Crippen molar-refractivity contribution in [2.75, 3.05) is 13.2 Å². The van der Waals surface area contributed by atoms with E-state index in [0.29, 0.717) is 6.04 Å². The Hall–Kier alpha value is -0.540. The van der Waals surface area contributed by atoms with Gasteiger partial charge in [0.1, 0.15) is 5.75 Å². The summed E-state index contributed by atoms with van der Waals surface area (Å²) in [6, 6.07) is 4.98. The number of nitrogens with one attached hydrogen (secondary N) is 1. The third-order valence-corrected chi connectivity index (χ3v) is 4.69. The van der Waals surface area contributed by atoms with Gasteiger partial charge < -0.3 is 10.1 Å². The maximum Gasteiger partial charge on any atom is 0.125 e. The predicted octanol–water partition coefficient (Wildman–Crippen LogP) is 4.73. The molecule has 0 aliphatic carbocycles.